The second kappa shape index (κ2) is 4.84. The molecule has 2 bridgehead atoms. The van der Waals surface area contributed by atoms with E-state index in [-0.39, 0.29) is 17.9 Å². The first kappa shape index (κ1) is 12.5. The zero-order chi connectivity index (χ0) is 12.7. The number of carbonyl (C=O) groups is 1. The van der Waals surface area contributed by atoms with E-state index in [0.29, 0.717) is 23.8 Å². The Hall–Kier alpha value is -0.570. The molecule has 3 rings (SSSR count). The predicted molar refractivity (Wildman–Crippen MR) is 71.9 cm³/mol. The molecule has 3 aliphatic rings. The van der Waals surface area contributed by atoms with Gasteiger partial charge in [-0.3, -0.25) is 4.79 Å². The fourth-order valence-corrected chi connectivity index (χ4v) is 4.62. The van der Waals surface area contributed by atoms with Crippen molar-refractivity contribution in [1.29, 1.82) is 0 Å². The summed E-state index contributed by atoms with van der Waals surface area (Å²) in [5.41, 5.74) is 6.23. The van der Waals surface area contributed by atoms with Crippen LogP contribution in [0.25, 0.3) is 0 Å². The Bertz CT molecular complexity index is 322. The van der Waals surface area contributed by atoms with Crippen LogP contribution in [-0.2, 0) is 4.79 Å². The molecule has 0 aromatic heterocycles. The average Bonchev–Trinajstić information content (AvgIpc) is 3.05. The van der Waals surface area contributed by atoms with Crippen molar-refractivity contribution in [2.24, 2.45) is 29.4 Å². The van der Waals surface area contributed by atoms with E-state index in [9.17, 15) is 4.79 Å². The average molecular weight is 250 g/mol. The summed E-state index contributed by atoms with van der Waals surface area (Å²) in [6.07, 6.45) is 8.88. The Labute approximate surface area is 110 Å². The maximum absolute atomic E-state index is 12.4. The molecule has 1 amide bonds. The summed E-state index contributed by atoms with van der Waals surface area (Å²) in [7, 11) is 0. The van der Waals surface area contributed by atoms with E-state index < -0.39 is 0 Å². The molecule has 3 aliphatic carbocycles. The van der Waals surface area contributed by atoms with Gasteiger partial charge in [-0.1, -0.05) is 12.8 Å². The second-order valence-corrected chi connectivity index (χ2v) is 6.78. The fourth-order valence-electron chi connectivity index (χ4n) is 4.62. The van der Waals surface area contributed by atoms with Gasteiger partial charge in [-0.05, 0) is 56.8 Å². The molecular formula is C15H26N2O. The highest BCUT2D eigenvalue weighted by Crippen LogP contribution is 2.47. The normalized spacial score (nSPS) is 41.2. The van der Waals surface area contributed by atoms with Crippen LogP contribution in [0.2, 0.25) is 0 Å². The molecule has 4 unspecified atom stereocenters. The minimum Gasteiger partial charge on any atom is -0.353 e. The number of amides is 1. The summed E-state index contributed by atoms with van der Waals surface area (Å²) in [5, 5.41) is 3.26. The topological polar surface area (TPSA) is 55.1 Å². The van der Waals surface area contributed by atoms with E-state index >= 15 is 0 Å². The minimum absolute atomic E-state index is 0.104. The monoisotopic (exact) mass is 250 g/mol. The first-order valence-electron chi connectivity index (χ1n) is 7.72. The Morgan fingerprint density at radius 1 is 1.17 bits per heavy atom. The highest BCUT2D eigenvalue weighted by atomic mass is 16.2. The summed E-state index contributed by atoms with van der Waals surface area (Å²) in [5.74, 6) is 2.23. The number of fused-ring (bicyclic) bond motifs is 2. The van der Waals surface area contributed by atoms with E-state index in [1.54, 1.807) is 0 Å². The maximum Gasteiger partial charge on any atom is 0.225 e. The molecule has 3 nitrogen and oxygen atoms in total. The molecule has 0 spiro atoms. The van der Waals surface area contributed by atoms with E-state index in [1.165, 1.54) is 44.9 Å². The quantitative estimate of drug-likeness (QED) is 0.805. The highest BCUT2D eigenvalue weighted by Gasteiger charge is 2.49. The lowest BCUT2D eigenvalue weighted by Crippen LogP contribution is -2.48. The van der Waals surface area contributed by atoms with Crippen molar-refractivity contribution in [3.8, 4) is 0 Å². The molecule has 0 radical (unpaired) electrons. The summed E-state index contributed by atoms with van der Waals surface area (Å²) < 4.78 is 0. The van der Waals surface area contributed by atoms with Crippen molar-refractivity contribution in [2.75, 3.05) is 0 Å². The summed E-state index contributed by atoms with van der Waals surface area (Å²) in [4.78, 5) is 12.4. The molecule has 3 N–H and O–H groups in total. The summed E-state index contributed by atoms with van der Waals surface area (Å²) in [6, 6.07) is 0.464. The smallest absolute Gasteiger partial charge is 0.225 e. The van der Waals surface area contributed by atoms with Crippen molar-refractivity contribution in [3.05, 3.63) is 0 Å². The van der Waals surface area contributed by atoms with Crippen molar-refractivity contribution < 1.29 is 4.79 Å². The van der Waals surface area contributed by atoms with Gasteiger partial charge >= 0.3 is 0 Å². The molecule has 0 heterocycles. The first-order chi connectivity index (χ1) is 8.66. The maximum atomic E-state index is 12.4. The molecule has 0 saturated heterocycles. The van der Waals surface area contributed by atoms with Gasteiger partial charge in [-0.2, -0.15) is 0 Å². The molecule has 0 aliphatic heterocycles. The molecule has 3 heteroatoms. The second-order valence-electron chi connectivity index (χ2n) is 6.78. The molecule has 3 saturated carbocycles. The van der Waals surface area contributed by atoms with Gasteiger partial charge in [-0.25, -0.2) is 0 Å². The van der Waals surface area contributed by atoms with Crippen LogP contribution in [0.4, 0.5) is 0 Å². The van der Waals surface area contributed by atoms with E-state index in [1.807, 2.05) is 0 Å². The molecule has 102 valence electrons. The van der Waals surface area contributed by atoms with Crippen LogP contribution in [0.3, 0.4) is 0 Å². The van der Waals surface area contributed by atoms with Crippen LogP contribution in [0, 0.1) is 23.7 Å². The molecule has 3 fully saturated rings. The molecule has 0 aromatic rings. The van der Waals surface area contributed by atoms with Crippen molar-refractivity contribution >= 4 is 5.91 Å². The number of nitrogens with one attached hydrogen (secondary N) is 1. The van der Waals surface area contributed by atoms with Gasteiger partial charge in [0.15, 0.2) is 0 Å². The Kier molecular flexibility index (Phi) is 3.35. The third kappa shape index (κ3) is 2.07. The van der Waals surface area contributed by atoms with Gasteiger partial charge in [0.05, 0.1) is 5.92 Å². The zero-order valence-corrected chi connectivity index (χ0v) is 11.4. The van der Waals surface area contributed by atoms with E-state index in [2.05, 4.69) is 12.2 Å². The van der Waals surface area contributed by atoms with E-state index in [0.717, 1.165) is 0 Å². The van der Waals surface area contributed by atoms with Gasteiger partial charge < -0.3 is 11.1 Å². The third-order valence-corrected chi connectivity index (χ3v) is 5.76. The highest BCUT2D eigenvalue weighted by molar-refractivity contribution is 5.80. The Morgan fingerprint density at radius 3 is 2.44 bits per heavy atom. The summed E-state index contributed by atoms with van der Waals surface area (Å²) in [6.45, 7) is 2.17. The van der Waals surface area contributed by atoms with Gasteiger partial charge in [0, 0.05) is 12.1 Å². The Balaban J connectivity index is 1.58. The molecule has 5 atom stereocenters. The first-order valence-corrected chi connectivity index (χ1v) is 7.72. The number of hydrogen-bond donors (Lipinski definition) is 2. The predicted octanol–water partition coefficient (Wildman–Crippen LogP) is 2.05. The molecule has 0 aromatic carbocycles. The number of hydrogen-bond acceptors (Lipinski definition) is 2. The van der Waals surface area contributed by atoms with E-state index in [4.69, 9.17) is 5.73 Å². The number of carbonyl (C=O) groups excluding carboxylic acids is 1. The minimum atomic E-state index is 0.104. The zero-order valence-electron chi connectivity index (χ0n) is 11.4. The standard InChI is InChI=1S/C15H26N2O/c1-9(10-4-2-3-5-10)17-15(18)13-11-6-7-12(8-11)14(13)16/h9-14H,2-8,16H2,1H3,(H,17,18)/t9-,11?,12?,13?,14?/m0/s1. The Morgan fingerprint density at radius 2 is 1.83 bits per heavy atom. The lowest BCUT2D eigenvalue weighted by molar-refractivity contribution is -0.128. The van der Waals surface area contributed by atoms with Crippen LogP contribution in [-0.4, -0.2) is 18.0 Å². The van der Waals surface area contributed by atoms with Crippen LogP contribution < -0.4 is 11.1 Å². The van der Waals surface area contributed by atoms with Gasteiger partial charge in [-0.15, -0.1) is 0 Å². The summed E-state index contributed by atoms with van der Waals surface area (Å²) >= 11 is 0. The lowest BCUT2D eigenvalue weighted by atomic mass is 9.84. The van der Waals surface area contributed by atoms with Crippen LogP contribution in [0.5, 0.6) is 0 Å². The van der Waals surface area contributed by atoms with Crippen LogP contribution in [0.1, 0.15) is 51.9 Å². The SMILES string of the molecule is C[C@H](NC(=O)C1C2CCC(C2)C1N)C1CCCC1. The number of nitrogens with two attached hydrogens (primary N) is 1. The van der Waals surface area contributed by atoms with Crippen molar-refractivity contribution in [3.63, 3.8) is 0 Å². The number of rotatable bonds is 3. The fraction of sp³-hybridized carbons (Fsp3) is 0.933. The van der Waals surface area contributed by atoms with Crippen LogP contribution >= 0.6 is 0 Å². The van der Waals surface area contributed by atoms with Crippen molar-refractivity contribution in [2.45, 2.75) is 64.0 Å². The molecular weight excluding hydrogens is 224 g/mol. The van der Waals surface area contributed by atoms with Gasteiger partial charge in [0.2, 0.25) is 5.91 Å². The van der Waals surface area contributed by atoms with Gasteiger partial charge in [0.25, 0.3) is 0 Å². The van der Waals surface area contributed by atoms with Crippen molar-refractivity contribution in [1.82, 2.24) is 5.32 Å². The largest absolute Gasteiger partial charge is 0.353 e. The van der Waals surface area contributed by atoms with Crippen LogP contribution in [0.15, 0.2) is 0 Å². The molecule has 18 heavy (non-hydrogen) atoms. The third-order valence-electron chi connectivity index (χ3n) is 5.76. The lowest BCUT2D eigenvalue weighted by Gasteiger charge is -2.29. The van der Waals surface area contributed by atoms with Gasteiger partial charge in [0.1, 0.15) is 0 Å².